The lowest BCUT2D eigenvalue weighted by Crippen LogP contribution is -2.45. The van der Waals surface area contributed by atoms with Gasteiger partial charge in [-0.05, 0) is 40.8 Å². The minimum Gasteiger partial charge on any atom is -0.314 e. The summed E-state index contributed by atoms with van der Waals surface area (Å²) in [5.41, 5.74) is 0. The average Bonchev–Trinajstić information content (AvgIpc) is 3.04. The van der Waals surface area contributed by atoms with Crippen LogP contribution in [0, 0.1) is 5.92 Å². The first-order chi connectivity index (χ1) is 7.84. The highest BCUT2D eigenvalue weighted by atomic mass is 79.9. The minimum absolute atomic E-state index is 0.693. The quantitative estimate of drug-likeness (QED) is 0.923. The molecule has 1 aromatic rings. The zero-order valence-electron chi connectivity index (χ0n) is 9.29. The van der Waals surface area contributed by atoms with Gasteiger partial charge in [-0.3, -0.25) is 4.90 Å². The van der Waals surface area contributed by atoms with Crippen molar-refractivity contribution in [3.63, 3.8) is 0 Å². The predicted octanol–water partition coefficient (Wildman–Crippen LogP) is 2.87. The van der Waals surface area contributed by atoms with Crippen LogP contribution < -0.4 is 5.32 Å². The number of nitrogens with zero attached hydrogens (tertiary/aromatic N) is 1. The van der Waals surface area contributed by atoms with E-state index in [0.717, 1.165) is 19.0 Å². The van der Waals surface area contributed by atoms with E-state index in [1.54, 1.807) is 4.88 Å². The maximum atomic E-state index is 3.57. The van der Waals surface area contributed by atoms with Crippen molar-refractivity contribution >= 4 is 27.3 Å². The van der Waals surface area contributed by atoms with Gasteiger partial charge in [0.05, 0.1) is 0 Å². The first kappa shape index (κ1) is 11.2. The van der Waals surface area contributed by atoms with Crippen LogP contribution in [-0.2, 0) is 0 Å². The summed E-state index contributed by atoms with van der Waals surface area (Å²) in [6, 6.07) is 3.01. The number of nitrogens with one attached hydrogen (secondary N) is 1. The summed E-state index contributed by atoms with van der Waals surface area (Å²) in [5.74, 6) is 0.920. The van der Waals surface area contributed by atoms with Gasteiger partial charge in [-0.15, -0.1) is 11.3 Å². The monoisotopic (exact) mass is 300 g/mol. The maximum Gasteiger partial charge on any atom is 0.0471 e. The molecule has 0 radical (unpaired) electrons. The van der Waals surface area contributed by atoms with E-state index < -0.39 is 0 Å². The van der Waals surface area contributed by atoms with E-state index in [4.69, 9.17) is 0 Å². The number of hydrogen-bond donors (Lipinski definition) is 1. The molecule has 1 aromatic heterocycles. The summed E-state index contributed by atoms with van der Waals surface area (Å²) in [6.07, 6.45) is 2.84. The standard InChI is InChI=1S/C12H17BrN2S/c13-10-7-11(16-8-10)12(9-1-2-9)15-5-3-14-4-6-15/h7-9,12,14H,1-6H2. The van der Waals surface area contributed by atoms with Crippen LogP contribution in [0.3, 0.4) is 0 Å². The van der Waals surface area contributed by atoms with Crippen molar-refractivity contribution in [3.05, 3.63) is 20.8 Å². The van der Waals surface area contributed by atoms with E-state index in [9.17, 15) is 0 Å². The second-order valence-corrected chi connectivity index (χ2v) is 6.59. The van der Waals surface area contributed by atoms with E-state index in [-0.39, 0.29) is 0 Å². The smallest absolute Gasteiger partial charge is 0.0471 e. The Morgan fingerprint density at radius 1 is 1.38 bits per heavy atom. The molecule has 2 fully saturated rings. The number of piperazine rings is 1. The van der Waals surface area contributed by atoms with Crippen molar-refractivity contribution in [2.75, 3.05) is 26.2 Å². The van der Waals surface area contributed by atoms with Gasteiger partial charge in [0.1, 0.15) is 0 Å². The molecule has 1 aliphatic heterocycles. The third kappa shape index (κ3) is 2.35. The van der Waals surface area contributed by atoms with Gasteiger partial charge in [0.15, 0.2) is 0 Å². The van der Waals surface area contributed by atoms with Gasteiger partial charge in [0.25, 0.3) is 0 Å². The van der Waals surface area contributed by atoms with Crippen molar-refractivity contribution in [1.29, 1.82) is 0 Å². The maximum absolute atomic E-state index is 3.57. The van der Waals surface area contributed by atoms with E-state index in [2.05, 4.69) is 37.6 Å². The van der Waals surface area contributed by atoms with Crippen molar-refractivity contribution in [2.24, 2.45) is 5.92 Å². The highest BCUT2D eigenvalue weighted by molar-refractivity contribution is 9.10. The Balaban J connectivity index is 1.79. The molecule has 0 aromatic carbocycles. The molecule has 1 aliphatic carbocycles. The molecule has 4 heteroatoms. The molecule has 0 spiro atoms. The summed E-state index contributed by atoms with van der Waals surface area (Å²) in [5, 5.41) is 5.65. The van der Waals surface area contributed by atoms with Crippen LogP contribution in [0.1, 0.15) is 23.8 Å². The fourth-order valence-corrected chi connectivity index (χ4v) is 4.24. The van der Waals surface area contributed by atoms with Crippen molar-refractivity contribution in [1.82, 2.24) is 10.2 Å². The minimum atomic E-state index is 0.693. The normalized spacial score (nSPS) is 24.6. The van der Waals surface area contributed by atoms with Gasteiger partial charge < -0.3 is 5.32 Å². The Labute approximate surface area is 109 Å². The highest BCUT2D eigenvalue weighted by Gasteiger charge is 2.37. The molecule has 3 rings (SSSR count). The second-order valence-electron chi connectivity index (χ2n) is 4.74. The third-order valence-corrected chi connectivity index (χ3v) is 5.26. The third-order valence-electron chi connectivity index (χ3n) is 3.49. The summed E-state index contributed by atoms with van der Waals surface area (Å²) in [6.45, 7) is 4.71. The van der Waals surface area contributed by atoms with Crippen LogP contribution in [0.5, 0.6) is 0 Å². The van der Waals surface area contributed by atoms with Crippen LogP contribution in [-0.4, -0.2) is 31.1 Å². The van der Waals surface area contributed by atoms with Crippen LogP contribution in [0.25, 0.3) is 0 Å². The zero-order chi connectivity index (χ0) is 11.0. The molecule has 2 aliphatic rings. The summed E-state index contributed by atoms with van der Waals surface area (Å²) in [4.78, 5) is 4.23. The van der Waals surface area contributed by atoms with Gasteiger partial charge in [-0.1, -0.05) is 0 Å². The van der Waals surface area contributed by atoms with E-state index in [1.165, 1.54) is 30.4 Å². The van der Waals surface area contributed by atoms with Gasteiger partial charge >= 0.3 is 0 Å². The van der Waals surface area contributed by atoms with Gasteiger partial charge in [0.2, 0.25) is 0 Å². The van der Waals surface area contributed by atoms with Crippen LogP contribution in [0.2, 0.25) is 0 Å². The summed E-state index contributed by atoms with van der Waals surface area (Å²) < 4.78 is 1.24. The van der Waals surface area contributed by atoms with E-state index in [1.807, 2.05) is 11.3 Å². The zero-order valence-corrected chi connectivity index (χ0v) is 11.7. The molecule has 1 atom stereocenters. The lowest BCUT2D eigenvalue weighted by Gasteiger charge is -2.34. The molecule has 2 heterocycles. The van der Waals surface area contributed by atoms with Crippen molar-refractivity contribution in [3.8, 4) is 0 Å². The largest absolute Gasteiger partial charge is 0.314 e. The molecule has 88 valence electrons. The Hall–Kier alpha value is 0.1000. The molecule has 2 nitrogen and oxygen atoms in total. The predicted molar refractivity (Wildman–Crippen MR) is 71.9 cm³/mol. The number of rotatable bonds is 3. The van der Waals surface area contributed by atoms with Crippen molar-refractivity contribution < 1.29 is 0 Å². The Kier molecular flexibility index (Phi) is 3.34. The fourth-order valence-electron chi connectivity index (χ4n) is 2.57. The summed E-state index contributed by atoms with van der Waals surface area (Å²) in [7, 11) is 0. The Morgan fingerprint density at radius 3 is 2.69 bits per heavy atom. The van der Waals surface area contributed by atoms with Crippen LogP contribution in [0.4, 0.5) is 0 Å². The number of hydrogen-bond acceptors (Lipinski definition) is 3. The van der Waals surface area contributed by atoms with Crippen LogP contribution >= 0.6 is 27.3 Å². The lowest BCUT2D eigenvalue weighted by atomic mass is 10.1. The van der Waals surface area contributed by atoms with E-state index in [0.29, 0.717) is 6.04 Å². The average molecular weight is 301 g/mol. The second kappa shape index (κ2) is 4.77. The first-order valence-electron chi connectivity index (χ1n) is 6.03. The topological polar surface area (TPSA) is 15.3 Å². The van der Waals surface area contributed by atoms with Gasteiger partial charge in [-0.25, -0.2) is 0 Å². The Bertz CT molecular complexity index is 356. The molecule has 16 heavy (non-hydrogen) atoms. The molecule has 0 amide bonds. The van der Waals surface area contributed by atoms with Gasteiger partial charge in [-0.2, -0.15) is 0 Å². The molecular formula is C12H17BrN2S. The van der Waals surface area contributed by atoms with Crippen LogP contribution in [0.15, 0.2) is 15.9 Å². The number of thiophene rings is 1. The SMILES string of the molecule is Brc1csc(C(C2CC2)N2CCNCC2)c1. The number of halogens is 1. The van der Waals surface area contributed by atoms with Crippen molar-refractivity contribution in [2.45, 2.75) is 18.9 Å². The highest BCUT2D eigenvalue weighted by Crippen LogP contribution is 2.46. The summed E-state index contributed by atoms with van der Waals surface area (Å²) >= 11 is 5.48. The molecule has 1 saturated heterocycles. The van der Waals surface area contributed by atoms with Gasteiger partial charge in [0, 0.05) is 47.0 Å². The Morgan fingerprint density at radius 2 is 2.12 bits per heavy atom. The molecule has 1 saturated carbocycles. The van der Waals surface area contributed by atoms with E-state index >= 15 is 0 Å². The fraction of sp³-hybridized carbons (Fsp3) is 0.667. The molecular weight excluding hydrogens is 284 g/mol. The molecule has 1 N–H and O–H groups in total. The molecule has 1 unspecified atom stereocenters. The molecule has 0 bridgehead atoms. The first-order valence-corrected chi connectivity index (χ1v) is 7.70. The lowest BCUT2D eigenvalue weighted by molar-refractivity contribution is 0.158.